The predicted molar refractivity (Wildman–Crippen MR) is 91.8 cm³/mol. The van der Waals surface area contributed by atoms with Gasteiger partial charge in [0.05, 0.1) is 13.2 Å². The molecule has 128 valence electrons. The van der Waals surface area contributed by atoms with E-state index < -0.39 is 0 Å². The third-order valence-corrected chi connectivity index (χ3v) is 5.42. The van der Waals surface area contributed by atoms with Crippen molar-refractivity contribution >= 4 is 0 Å². The summed E-state index contributed by atoms with van der Waals surface area (Å²) < 4.78 is 13.5. The Labute approximate surface area is 141 Å². The summed E-state index contributed by atoms with van der Waals surface area (Å²) in [4.78, 5) is 14.5. The maximum atomic E-state index is 11.8. The van der Waals surface area contributed by atoms with Crippen molar-refractivity contribution in [1.29, 1.82) is 0 Å². The van der Waals surface area contributed by atoms with E-state index in [0.717, 1.165) is 37.2 Å². The predicted octanol–water partition coefficient (Wildman–Crippen LogP) is 3.24. The van der Waals surface area contributed by atoms with E-state index in [1.807, 2.05) is 12.3 Å². The second-order valence-electron chi connectivity index (χ2n) is 7.06. The summed E-state index contributed by atoms with van der Waals surface area (Å²) in [5, 5.41) is 0. The maximum absolute atomic E-state index is 11.8. The fourth-order valence-corrected chi connectivity index (χ4v) is 3.77. The first-order chi connectivity index (χ1) is 11.7. The number of H-pyrrole nitrogens is 1. The molecule has 24 heavy (non-hydrogen) atoms. The van der Waals surface area contributed by atoms with Crippen molar-refractivity contribution in [3.8, 4) is 11.5 Å². The molecule has 5 nitrogen and oxygen atoms in total. The van der Waals surface area contributed by atoms with Gasteiger partial charge in [0.1, 0.15) is 0 Å². The van der Waals surface area contributed by atoms with Crippen molar-refractivity contribution in [3.63, 3.8) is 0 Å². The third-order valence-electron chi connectivity index (χ3n) is 5.42. The van der Waals surface area contributed by atoms with E-state index in [2.05, 4.69) is 17.1 Å². The van der Waals surface area contributed by atoms with Crippen LogP contribution in [0.4, 0.5) is 0 Å². The van der Waals surface area contributed by atoms with Gasteiger partial charge in [0, 0.05) is 24.4 Å². The van der Waals surface area contributed by atoms with Crippen molar-refractivity contribution in [1.82, 2.24) is 9.55 Å². The summed E-state index contributed by atoms with van der Waals surface area (Å²) in [7, 11) is 1.68. The SMILES string of the molecule is COc1ccc(C2(Cn3cc[nH]c3=O)CC2)cc1OC1CCCC1. The van der Waals surface area contributed by atoms with Gasteiger partial charge in [-0.3, -0.25) is 4.57 Å². The molecule has 2 aliphatic carbocycles. The van der Waals surface area contributed by atoms with E-state index in [1.54, 1.807) is 17.9 Å². The standard InChI is InChI=1S/C19H24N2O3/c1-23-16-7-6-14(12-17(16)24-15-4-2-3-5-15)19(8-9-19)13-21-11-10-20-18(21)22/h6-7,10-12,15H,2-5,8-9,13H2,1H3,(H,20,22). The zero-order valence-electron chi connectivity index (χ0n) is 14.1. The van der Waals surface area contributed by atoms with Crippen LogP contribution >= 0.6 is 0 Å². The average molecular weight is 328 g/mol. The first-order valence-corrected chi connectivity index (χ1v) is 8.79. The molecule has 0 amide bonds. The van der Waals surface area contributed by atoms with Crippen molar-refractivity contribution in [3.05, 3.63) is 46.6 Å². The summed E-state index contributed by atoms with van der Waals surface area (Å²) in [5.74, 6) is 1.63. The van der Waals surface area contributed by atoms with Crippen molar-refractivity contribution in [2.45, 2.75) is 56.6 Å². The number of nitrogens with zero attached hydrogens (tertiary/aromatic N) is 1. The summed E-state index contributed by atoms with van der Waals surface area (Å²) in [5.41, 5.74) is 1.24. The summed E-state index contributed by atoms with van der Waals surface area (Å²) in [6, 6.07) is 6.24. The number of aromatic amines is 1. The third kappa shape index (κ3) is 2.83. The lowest BCUT2D eigenvalue weighted by Gasteiger charge is -2.20. The van der Waals surface area contributed by atoms with Gasteiger partial charge in [0.25, 0.3) is 0 Å². The molecule has 5 heteroatoms. The quantitative estimate of drug-likeness (QED) is 0.885. The van der Waals surface area contributed by atoms with E-state index in [9.17, 15) is 4.79 Å². The van der Waals surface area contributed by atoms with E-state index >= 15 is 0 Å². The Morgan fingerprint density at radius 3 is 2.67 bits per heavy atom. The van der Waals surface area contributed by atoms with Gasteiger partial charge < -0.3 is 14.5 Å². The zero-order chi connectivity index (χ0) is 16.6. The van der Waals surface area contributed by atoms with Crippen LogP contribution in [0.15, 0.2) is 35.4 Å². The van der Waals surface area contributed by atoms with E-state index in [1.165, 1.54) is 18.4 Å². The normalized spacial score (nSPS) is 19.4. The molecule has 2 fully saturated rings. The van der Waals surface area contributed by atoms with Gasteiger partial charge in [0.2, 0.25) is 0 Å². The lowest BCUT2D eigenvalue weighted by atomic mass is 9.95. The Kier molecular flexibility index (Phi) is 3.87. The fraction of sp³-hybridized carbons (Fsp3) is 0.526. The highest BCUT2D eigenvalue weighted by molar-refractivity contribution is 5.47. The van der Waals surface area contributed by atoms with Crippen LogP contribution < -0.4 is 15.2 Å². The number of imidazole rings is 1. The smallest absolute Gasteiger partial charge is 0.325 e. The molecule has 0 saturated heterocycles. The highest BCUT2D eigenvalue weighted by Crippen LogP contribution is 2.51. The molecule has 0 aliphatic heterocycles. The van der Waals surface area contributed by atoms with Crippen molar-refractivity contribution in [2.75, 3.05) is 7.11 Å². The number of methoxy groups -OCH3 is 1. The summed E-state index contributed by atoms with van der Waals surface area (Å²) in [6.07, 6.45) is 10.7. The Balaban J connectivity index is 1.60. The summed E-state index contributed by atoms with van der Waals surface area (Å²) >= 11 is 0. The molecule has 1 aromatic heterocycles. The lowest BCUT2D eigenvalue weighted by Crippen LogP contribution is -2.24. The molecular formula is C19H24N2O3. The number of benzene rings is 1. The highest BCUT2D eigenvalue weighted by Gasteiger charge is 2.45. The van der Waals surface area contributed by atoms with Gasteiger partial charge in [-0.15, -0.1) is 0 Å². The van der Waals surface area contributed by atoms with Gasteiger partial charge in [0.15, 0.2) is 11.5 Å². The maximum Gasteiger partial charge on any atom is 0.325 e. The van der Waals surface area contributed by atoms with Crippen LogP contribution in [0.25, 0.3) is 0 Å². The van der Waals surface area contributed by atoms with E-state index in [0.29, 0.717) is 12.6 Å². The Bertz CT molecular complexity index is 767. The Morgan fingerprint density at radius 1 is 1.25 bits per heavy atom. The van der Waals surface area contributed by atoms with Crippen LogP contribution in [0.2, 0.25) is 0 Å². The van der Waals surface area contributed by atoms with Crippen LogP contribution in [-0.4, -0.2) is 22.8 Å². The largest absolute Gasteiger partial charge is 0.493 e. The van der Waals surface area contributed by atoms with Gasteiger partial charge in [-0.25, -0.2) is 4.79 Å². The number of aromatic nitrogens is 2. The molecule has 0 radical (unpaired) electrons. The van der Waals surface area contributed by atoms with Crippen molar-refractivity contribution in [2.24, 2.45) is 0 Å². The zero-order valence-corrected chi connectivity index (χ0v) is 14.1. The molecule has 0 spiro atoms. The van der Waals surface area contributed by atoms with Crippen LogP contribution in [-0.2, 0) is 12.0 Å². The van der Waals surface area contributed by atoms with E-state index in [4.69, 9.17) is 9.47 Å². The van der Waals surface area contributed by atoms with Crippen LogP contribution in [0.1, 0.15) is 44.1 Å². The van der Waals surface area contributed by atoms with Crippen molar-refractivity contribution < 1.29 is 9.47 Å². The van der Waals surface area contributed by atoms with Gasteiger partial charge >= 0.3 is 5.69 Å². The average Bonchev–Trinajstić information content (AvgIpc) is 2.98. The second kappa shape index (κ2) is 6.04. The molecule has 0 atom stereocenters. The molecule has 1 N–H and O–H groups in total. The molecule has 2 saturated carbocycles. The monoisotopic (exact) mass is 328 g/mol. The van der Waals surface area contributed by atoms with Crippen LogP contribution in [0, 0.1) is 0 Å². The number of ether oxygens (including phenoxy) is 2. The lowest BCUT2D eigenvalue weighted by molar-refractivity contribution is 0.200. The first kappa shape index (κ1) is 15.4. The van der Waals surface area contributed by atoms with Gasteiger partial charge in [-0.05, 0) is 56.2 Å². The van der Waals surface area contributed by atoms with E-state index in [-0.39, 0.29) is 11.1 Å². The Morgan fingerprint density at radius 2 is 2.04 bits per heavy atom. The first-order valence-electron chi connectivity index (χ1n) is 8.79. The molecule has 1 heterocycles. The molecule has 0 unspecified atom stereocenters. The molecule has 4 rings (SSSR count). The minimum Gasteiger partial charge on any atom is -0.493 e. The van der Waals surface area contributed by atoms with Gasteiger partial charge in [-0.1, -0.05) is 6.07 Å². The van der Waals surface area contributed by atoms with Crippen LogP contribution in [0.3, 0.4) is 0 Å². The molecule has 2 aromatic rings. The minimum absolute atomic E-state index is 0.0442. The molecule has 2 aliphatic rings. The highest BCUT2D eigenvalue weighted by atomic mass is 16.5. The summed E-state index contributed by atoms with van der Waals surface area (Å²) in [6.45, 7) is 0.713. The topological polar surface area (TPSA) is 56.2 Å². The number of rotatable bonds is 6. The molecular weight excluding hydrogens is 304 g/mol. The fourth-order valence-electron chi connectivity index (χ4n) is 3.77. The Hall–Kier alpha value is -2.17. The van der Waals surface area contributed by atoms with Crippen LogP contribution in [0.5, 0.6) is 11.5 Å². The molecule has 1 aromatic carbocycles. The molecule has 0 bridgehead atoms. The number of nitrogens with one attached hydrogen (secondary N) is 1. The minimum atomic E-state index is -0.0442. The number of hydrogen-bond acceptors (Lipinski definition) is 3. The second-order valence-corrected chi connectivity index (χ2v) is 7.06. The number of hydrogen-bond donors (Lipinski definition) is 1. The van der Waals surface area contributed by atoms with Gasteiger partial charge in [-0.2, -0.15) is 0 Å².